The molecule has 0 amide bonds. The molecule has 0 spiro atoms. The number of phosphoric acid groups is 1. The lowest BCUT2D eigenvalue weighted by molar-refractivity contribution is -0.308. The standard InChI is InChI=1S/C26H23BrF3N4O7PS/c27-15-8-16(10-31-9-15)43-26-24(41-42(35,36)37)22(23-20(39-26)12-38-25(40-23)13-4-2-1-3-5-13)34-11-19(32-33-34)14-6-17(28)21(30)18(29)7-14/h1-11,20,22-26,32-33H,12H2,(H2,35,36,37)/t20?,22?,23-,24?,25?,26+/m0/s1. The fourth-order valence-electron chi connectivity index (χ4n) is 4.97. The number of phosphoric ester groups is 1. The molecule has 2 saturated heterocycles. The van der Waals surface area contributed by atoms with E-state index in [1.165, 1.54) is 11.2 Å². The number of fused-ring (bicyclic) bond motifs is 1. The van der Waals surface area contributed by atoms with Gasteiger partial charge in [-0.15, -0.1) is 5.53 Å². The van der Waals surface area contributed by atoms with Crippen LogP contribution in [0, 0.1) is 17.5 Å². The van der Waals surface area contributed by atoms with Crippen molar-refractivity contribution in [2.75, 3.05) is 6.61 Å². The van der Waals surface area contributed by atoms with E-state index in [4.69, 9.17) is 18.7 Å². The molecule has 0 saturated carbocycles. The highest BCUT2D eigenvalue weighted by Gasteiger charge is 2.55. The molecule has 17 heteroatoms. The molecule has 4 unspecified atom stereocenters. The summed E-state index contributed by atoms with van der Waals surface area (Å²) in [7, 11) is -5.12. The van der Waals surface area contributed by atoms with E-state index in [0.717, 1.165) is 23.9 Å². The predicted molar refractivity (Wildman–Crippen MR) is 150 cm³/mol. The summed E-state index contributed by atoms with van der Waals surface area (Å²) < 4.78 is 78.6. The number of ether oxygens (including phenoxy) is 3. The van der Waals surface area contributed by atoms with E-state index in [-0.39, 0.29) is 17.9 Å². The quantitative estimate of drug-likeness (QED) is 0.206. The maximum absolute atomic E-state index is 14.0. The van der Waals surface area contributed by atoms with Crippen molar-refractivity contribution in [3.63, 3.8) is 0 Å². The molecule has 0 aliphatic carbocycles. The lowest BCUT2D eigenvalue weighted by atomic mass is 9.95. The summed E-state index contributed by atoms with van der Waals surface area (Å²) in [6.45, 7) is 0.0589. The van der Waals surface area contributed by atoms with Crippen molar-refractivity contribution in [1.29, 1.82) is 0 Å². The van der Waals surface area contributed by atoms with E-state index in [9.17, 15) is 27.5 Å². The van der Waals surface area contributed by atoms with Gasteiger partial charge in [-0.2, -0.15) is 0 Å². The van der Waals surface area contributed by atoms with Gasteiger partial charge in [0.2, 0.25) is 0 Å². The van der Waals surface area contributed by atoms with Gasteiger partial charge in [-0.1, -0.05) is 42.1 Å². The van der Waals surface area contributed by atoms with Gasteiger partial charge in [-0.25, -0.2) is 17.7 Å². The summed E-state index contributed by atoms with van der Waals surface area (Å²) >= 11 is 4.48. The summed E-state index contributed by atoms with van der Waals surface area (Å²) in [5.41, 5.74) is 5.41. The van der Waals surface area contributed by atoms with Crippen LogP contribution in [-0.2, 0) is 23.3 Å². The third-order valence-electron chi connectivity index (χ3n) is 6.78. The Labute approximate surface area is 255 Å². The maximum Gasteiger partial charge on any atom is 0.470 e. The molecule has 11 nitrogen and oxygen atoms in total. The molecular weight excluding hydrogens is 680 g/mol. The van der Waals surface area contributed by atoms with Crippen molar-refractivity contribution in [1.82, 2.24) is 21.0 Å². The van der Waals surface area contributed by atoms with Crippen LogP contribution >= 0.6 is 35.5 Å². The van der Waals surface area contributed by atoms with Crippen LogP contribution in [0.25, 0.3) is 5.70 Å². The van der Waals surface area contributed by atoms with Crippen molar-refractivity contribution in [3.8, 4) is 0 Å². The minimum absolute atomic E-state index is 0.0244. The molecular formula is C26H23BrF3N4O7PS. The summed E-state index contributed by atoms with van der Waals surface area (Å²) in [5, 5.41) is 1.41. The molecule has 0 radical (unpaired) electrons. The molecule has 43 heavy (non-hydrogen) atoms. The number of benzene rings is 2. The highest BCUT2D eigenvalue weighted by molar-refractivity contribution is 9.10. The smallest absolute Gasteiger partial charge is 0.356 e. The van der Waals surface area contributed by atoms with E-state index in [2.05, 4.69) is 31.9 Å². The van der Waals surface area contributed by atoms with Crippen LogP contribution in [0.2, 0.25) is 0 Å². The fraction of sp³-hybridized carbons (Fsp3) is 0.269. The molecule has 0 bridgehead atoms. The van der Waals surface area contributed by atoms with Crippen LogP contribution in [0.3, 0.4) is 0 Å². The Morgan fingerprint density at radius 1 is 1.09 bits per heavy atom. The zero-order valence-corrected chi connectivity index (χ0v) is 25.0. The molecule has 1 aromatic heterocycles. The maximum atomic E-state index is 14.0. The number of thioether (sulfide) groups is 1. The van der Waals surface area contributed by atoms with Crippen molar-refractivity contribution < 1.29 is 46.3 Å². The Bertz CT molecular complexity index is 1550. The Morgan fingerprint density at radius 3 is 2.53 bits per heavy atom. The van der Waals surface area contributed by atoms with Gasteiger partial charge in [-0.3, -0.25) is 14.5 Å². The topological polar surface area (TPSA) is 135 Å². The van der Waals surface area contributed by atoms with Crippen molar-refractivity contribution in [2.24, 2.45) is 0 Å². The molecule has 2 fully saturated rings. The molecule has 3 aliphatic rings. The largest absolute Gasteiger partial charge is 0.470 e. The highest BCUT2D eigenvalue weighted by Crippen LogP contribution is 2.48. The molecule has 4 N–H and O–H groups in total. The van der Waals surface area contributed by atoms with Gasteiger partial charge in [0.05, 0.1) is 12.3 Å². The Hall–Kier alpha value is -2.50. The lowest BCUT2D eigenvalue weighted by Crippen LogP contribution is -2.67. The van der Waals surface area contributed by atoms with Crippen LogP contribution in [0.4, 0.5) is 13.2 Å². The number of hydrogen-bond donors (Lipinski definition) is 4. The highest BCUT2D eigenvalue weighted by atomic mass is 79.9. The lowest BCUT2D eigenvalue weighted by Gasteiger charge is -2.51. The Kier molecular flexibility index (Phi) is 8.86. The van der Waals surface area contributed by atoms with E-state index >= 15 is 0 Å². The first-order chi connectivity index (χ1) is 20.6. The molecule has 228 valence electrons. The second-order valence-corrected chi connectivity index (χ2v) is 12.9. The van der Waals surface area contributed by atoms with Crippen LogP contribution in [0.1, 0.15) is 17.4 Å². The number of aromatic nitrogens is 1. The molecule has 3 aromatic rings. The van der Waals surface area contributed by atoms with Crippen molar-refractivity contribution in [3.05, 3.63) is 100 Å². The van der Waals surface area contributed by atoms with Crippen LogP contribution < -0.4 is 11.0 Å². The van der Waals surface area contributed by atoms with Gasteiger partial charge in [0.25, 0.3) is 0 Å². The second kappa shape index (κ2) is 12.5. The average Bonchev–Trinajstić information content (AvgIpc) is 3.45. The van der Waals surface area contributed by atoms with Crippen molar-refractivity contribution >= 4 is 41.2 Å². The molecule has 6 atom stereocenters. The summed E-state index contributed by atoms with van der Waals surface area (Å²) in [5.74, 6) is -4.39. The number of hydrazine groups is 2. The average molecular weight is 703 g/mol. The van der Waals surface area contributed by atoms with E-state index in [0.29, 0.717) is 14.9 Å². The third-order valence-corrected chi connectivity index (χ3v) is 8.83. The summed E-state index contributed by atoms with van der Waals surface area (Å²) in [6, 6.07) is 11.4. The van der Waals surface area contributed by atoms with Crippen LogP contribution in [0.15, 0.2) is 76.5 Å². The molecule has 3 aliphatic heterocycles. The number of hydrogen-bond acceptors (Lipinski definition) is 10. The molecule has 4 heterocycles. The van der Waals surface area contributed by atoms with E-state index < -0.39 is 61.4 Å². The zero-order chi connectivity index (χ0) is 30.3. The van der Waals surface area contributed by atoms with Gasteiger partial charge in [-0.05, 0) is 34.1 Å². The fourth-order valence-corrected chi connectivity index (χ4v) is 7.25. The first-order valence-corrected chi connectivity index (χ1v) is 15.9. The molecule has 2 aromatic carbocycles. The summed E-state index contributed by atoms with van der Waals surface area (Å²) in [6.07, 6.45) is 0.703. The number of rotatable bonds is 7. The van der Waals surface area contributed by atoms with Crippen molar-refractivity contribution in [2.45, 2.75) is 41.0 Å². The minimum Gasteiger partial charge on any atom is -0.356 e. The SMILES string of the molecule is O=P(O)(O)OC1C(N2C=C(c3cc(F)c(F)c(F)c3)NN2)[C@H]2OC(c3ccccc3)OCC2O[C@@H]1Sc1cncc(Br)c1. The minimum atomic E-state index is -5.12. The van der Waals surface area contributed by atoms with E-state index in [1.807, 2.05) is 18.2 Å². The molecule has 6 rings (SSSR count). The van der Waals surface area contributed by atoms with Gasteiger partial charge in [0.1, 0.15) is 29.8 Å². The van der Waals surface area contributed by atoms with Gasteiger partial charge in [0.15, 0.2) is 23.7 Å². The van der Waals surface area contributed by atoms with E-state index in [1.54, 1.807) is 30.6 Å². The van der Waals surface area contributed by atoms with Gasteiger partial charge >= 0.3 is 7.82 Å². The zero-order valence-electron chi connectivity index (χ0n) is 21.7. The Balaban J connectivity index is 1.39. The van der Waals surface area contributed by atoms with Gasteiger partial charge < -0.3 is 29.4 Å². The second-order valence-electron chi connectivity index (χ2n) is 9.67. The first kappa shape index (κ1) is 30.5. The van der Waals surface area contributed by atoms with Gasteiger partial charge in [0, 0.05) is 39.1 Å². The van der Waals surface area contributed by atoms with Crippen LogP contribution in [0.5, 0.6) is 0 Å². The predicted octanol–water partition coefficient (Wildman–Crippen LogP) is 4.36. The number of halogens is 4. The normalized spacial score (nSPS) is 27.4. The first-order valence-electron chi connectivity index (χ1n) is 12.7. The summed E-state index contributed by atoms with van der Waals surface area (Å²) in [4.78, 5) is 24.6. The van der Waals surface area contributed by atoms with Crippen LogP contribution in [-0.4, -0.2) is 56.2 Å². The number of pyridine rings is 1. The monoisotopic (exact) mass is 702 g/mol. The number of nitrogens with one attached hydrogen (secondary N) is 2. The Morgan fingerprint density at radius 2 is 1.84 bits per heavy atom. The number of nitrogens with zero attached hydrogens (tertiary/aromatic N) is 2. The third kappa shape index (κ3) is 6.78.